The molecule has 8 atom stereocenters. The molecule has 0 aromatic heterocycles. The van der Waals surface area contributed by atoms with Crippen molar-refractivity contribution >= 4 is 17.8 Å². The lowest BCUT2D eigenvalue weighted by molar-refractivity contribution is -0.770. The van der Waals surface area contributed by atoms with E-state index in [-0.39, 0.29) is 52.2 Å². The third kappa shape index (κ3) is 3.03. The van der Waals surface area contributed by atoms with Crippen LogP contribution >= 0.6 is 0 Å². The van der Waals surface area contributed by atoms with Crippen molar-refractivity contribution in [2.45, 2.75) is 71.3 Å². The summed E-state index contributed by atoms with van der Waals surface area (Å²) in [5.41, 5.74) is 8.27. The minimum atomic E-state index is -0.693. The molecule has 4 rings (SSSR count). The second kappa shape index (κ2) is 7.01. The Hall–Kier alpha value is -2.08. The van der Waals surface area contributed by atoms with Gasteiger partial charge in [-0.3, -0.25) is 9.59 Å². The van der Waals surface area contributed by atoms with E-state index in [1.165, 1.54) is 0 Å². The molecule has 29 heavy (non-hydrogen) atoms. The molecular formula is C21H29N3O5. The molecule has 0 N–H and O–H groups in total. The Morgan fingerprint density at radius 3 is 2.69 bits per heavy atom. The number of nitrogens with zero attached hydrogens (tertiary/aromatic N) is 3. The van der Waals surface area contributed by atoms with Gasteiger partial charge in [-0.25, -0.2) is 0 Å². The molecule has 158 valence electrons. The number of hydrogen-bond acceptors (Lipinski definition) is 5. The van der Waals surface area contributed by atoms with E-state index in [9.17, 15) is 19.7 Å². The highest BCUT2D eigenvalue weighted by atomic mass is 17.0. The first-order chi connectivity index (χ1) is 13.7. The van der Waals surface area contributed by atoms with E-state index in [1.807, 2.05) is 0 Å². The fourth-order valence-corrected chi connectivity index (χ4v) is 7.87. The molecule has 4 fully saturated rings. The minimum Gasteiger partial charge on any atom is -0.361 e. The minimum absolute atomic E-state index is 0.0313. The van der Waals surface area contributed by atoms with Crippen molar-refractivity contribution in [3.8, 4) is 0 Å². The molecule has 4 aliphatic rings. The maximum Gasteiger partial charge on any atom is 0.323 e. The van der Waals surface area contributed by atoms with Crippen LogP contribution in [0.4, 0.5) is 0 Å². The number of hydrogen-bond donors (Lipinski definition) is 0. The molecule has 0 bridgehead atoms. The molecule has 0 aromatic carbocycles. The van der Waals surface area contributed by atoms with Gasteiger partial charge in [0.05, 0.1) is 0 Å². The summed E-state index contributed by atoms with van der Waals surface area (Å²) in [5.74, 6) is 0.614. The van der Waals surface area contributed by atoms with Crippen molar-refractivity contribution in [1.82, 2.24) is 0 Å². The molecular weight excluding hydrogens is 374 g/mol. The third-order valence-corrected chi connectivity index (χ3v) is 9.06. The highest BCUT2D eigenvalue weighted by Gasteiger charge is 2.64. The fourth-order valence-electron chi connectivity index (χ4n) is 7.87. The van der Waals surface area contributed by atoms with Gasteiger partial charge in [0.1, 0.15) is 11.9 Å². The van der Waals surface area contributed by atoms with Crippen molar-refractivity contribution in [2.75, 3.05) is 0 Å². The number of Topliss-reactive ketones (excluding diaryl/α,β-unsaturated/α-hetero) is 2. The van der Waals surface area contributed by atoms with Crippen LogP contribution in [0.15, 0.2) is 0 Å². The first-order valence-corrected chi connectivity index (χ1v) is 10.8. The van der Waals surface area contributed by atoms with E-state index in [4.69, 9.17) is 10.4 Å². The predicted molar refractivity (Wildman–Crippen MR) is 102 cm³/mol. The third-order valence-electron chi connectivity index (χ3n) is 9.06. The van der Waals surface area contributed by atoms with Crippen molar-refractivity contribution < 1.29 is 24.3 Å². The SMILES string of the molecule is C[C@]12CC[C@@H](O[N+](=O)[O-])C[C@@H]1CC[C@H]1[C@@H]3CC[C@H](C(=O)C=[N+]=[N-])[C@@]3(C)CC(=O)[C@@H]12. The number of carbonyl (C=O) groups excluding carboxylic acids is 2. The summed E-state index contributed by atoms with van der Waals surface area (Å²) in [7, 11) is 0. The van der Waals surface area contributed by atoms with Crippen molar-refractivity contribution in [1.29, 1.82) is 0 Å². The zero-order valence-electron chi connectivity index (χ0n) is 17.1. The van der Waals surface area contributed by atoms with Crippen LogP contribution in [0.25, 0.3) is 5.53 Å². The van der Waals surface area contributed by atoms with Gasteiger partial charge < -0.3 is 10.4 Å². The van der Waals surface area contributed by atoms with Crippen LogP contribution in [0.1, 0.15) is 65.2 Å². The lowest BCUT2D eigenvalue weighted by Crippen LogP contribution is -2.58. The Labute approximate surface area is 170 Å². The maximum atomic E-state index is 13.5. The Morgan fingerprint density at radius 2 is 2.00 bits per heavy atom. The fraction of sp³-hybridized carbons (Fsp3) is 0.857. The Kier molecular flexibility index (Phi) is 4.88. The summed E-state index contributed by atoms with van der Waals surface area (Å²) in [6.45, 7) is 4.27. The first-order valence-electron chi connectivity index (χ1n) is 10.8. The molecule has 0 unspecified atom stereocenters. The number of carbonyl (C=O) groups is 2. The molecule has 0 amide bonds. The lowest BCUT2D eigenvalue weighted by atomic mass is 9.44. The molecule has 0 radical (unpaired) electrons. The van der Waals surface area contributed by atoms with Gasteiger partial charge in [0, 0.05) is 18.3 Å². The standard InChI is InChI=1S/C21H29N3O5/c1-20-8-7-13(29-24(27)28)9-12(20)3-4-14-15-5-6-16(18(26)11-23-22)21(15,2)10-17(25)19(14)20/h11-16,19H,3-10H2,1-2H3/t12-,13+,14-,15-,16+,19+,20-,21-/m0/s1. The average Bonchev–Trinajstić information content (AvgIpc) is 2.98. The van der Waals surface area contributed by atoms with Gasteiger partial charge in [-0.15, -0.1) is 10.1 Å². The lowest BCUT2D eigenvalue weighted by Gasteiger charge is -2.59. The smallest absolute Gasteiger partial charge is 0.323 e. The largest absolute Gasteiger partial charge is 0.361 e. The molecule has 4 aliphatic carbocycles. The number of rotatable bonds is 4. The predicted octanol–water partition coefficient (Wildman–Crippen LogP) is 3.27. The number of ketones is 2. The summed E-state index contributed by atoms with van der Waals surface area (Å²) in [6, 6.07) is 0. The van der Waals surface area contributed by atoms with Gasteiger partial charge in [0.15, 0.2) is 0 Å². The summed E-state index contributed by atoms with van der Waals surface area (Å²) in [5, 5.41) is 10.1. The van der Waals surface area contributed by atoms with Gasteiger partial charge >= 0.3 is 6.21 Å². The molecule has 0 saturated heterocycles. The number of fused-ring (bicyclic) bond motifs is 5. The zero-order chi connectivity index (χ0) is 21.0. The molecule has 0 aromatic rings. The van der Waals surface area contributed by atoms with Crippen molar-refractivity contribution in [3.05, 3.63) is 15.6 Å². The second-order valence-corrected chi connectivity index (χ2v) is 10.2. The topological polar surface area (TPSA) is 123 Å². The molecule has 4 saturated carbocycles. The van der Waals surface area contributed by atoms with Crippen LogP contribution in [0.2, 0.25) is 0 Å². The summed E-state index contributed by atoms with van der Waals surface area (Å²) in [4.78, 5) is 44.5. The zero-order valence-corrected chi connectivity index (χ0v) is 17.1. The van der Waals surface area contributed by atoms with Crippen LogP contribution < -0.4 is 0 Å². The van der Waals surface area contributed by atoms with E-state index < -0.39 is 5.09 Å². The Bertz CT molecular complexity index is 793. The summed E-state index contributed by atoms with van der Waals surface area (Å²) >= 11 is 0. The quantitative estimate of drug-likeness (QED) is 0.234. The van der Waals surface area contributed by atoms with E-state index in [0.29, 0.717) is 25.2 Å². The molecule has 0 spiro atoms. The summed E-state index contributed by atoms with van der Waals surface area (Å²) < 4.78 is 0. The van der Waals surface area contributed by atoms with E-state index >= 15 is 0 Å². The van der Waals surface area contributed by atoms with Gasteiger partial charge in [-0.1, -0.05) is 13.8 Å². The molecule has 0 aliphatic heterocycles. The summed E-state index contributed by atoms with van der Waals surface area (Å²) in [6.07, 6.45) is 6.58. The van der Waals surface area contributed by atoms with Gasteiger partial charge in [0.25, 0.3) is 5.09 Å². The maximum absolute atomic E-state index is 13.5. The van der Waals surface area contributed by atoms with Crippen LogP contribution in [0.3, 0.4) is 0 Å². The molecule has 8 heteroatoms. The van der Waals surface area contributed by atoms with E-state index in [1.54, 1.807) is 0 Å². The van der Waals surface area contributed by atoms with Crippen LogP contribution in [0.5, 0.6) is 0 Å². The van der Waals surface area contributed by atoms with Gasteiger partial charge in [0.2, 0.25) is 5.78 Å². The van der Waals surface area contributed by atoms with E-state index in [2.05, 4.69) is 18.6 Å². The average molecular weight is 403 g/mol. The monoisotopic (exact) mass is 403 g/mol. The van der Waals surface area contributed by atoms with Gasteiger partial charge in [-0.2, -0.15) is 4.79 Å². The van der Waals surface area contributed by atoms with Crippen molar-refractivity contribution in [2.24, 2.45) is 40.4 Å². The Balaban J connectivity index is 1.59. The normalized spacial score (nSPS) is 45.9. The van der Waals surface area contributed by atoms with Crippen LogP contribution in [-0.4, -0.2) is 33.8 Å². The molecule has 0 heterocycles. The Morgan fingerprint density at radius 1 is 1.24 bits per heavy atom. The first kappa shape index (κ1) is 20.2. The van der Waals surface area contributed by atoms with Crippen LogP contribution in [-0.2, 0) is 14.4 Å². The highest BCUT2D eigenvalue weighted by Crippen LogP contribution is 2.66. The van der Waals surface area contributed by atoms with Gasteiger partial charge in [-0.05, 0) is 73.5 Å². The van der Waals surface area contributed by atoms with Crippen LogP contribution in [0, 0.1) is 50.5 Å². The second-order valence-electron chi connectivity index (χ2n) is 10.2. The van der Waals surface area contributed by atoms with E-state index in [0.717, 1.165) is 38.3 Å². The van der Waals surface area contributed by atoms with Crippen molar-refractivity contribution in [3.63, 3.8) is 0 Å². The highest BCUT2D eigenvalue weighted by molar-refractivity contribution is 6.26. The molecule has 8 nitrogen and oxygen atoms in total.